The summed E-state index contributed by atoms with van der Waals surface area (Å²) in [4.78, 5) is 32.0. The second-order valence-corrected chi connectivity index (χ2v) is 6.74. The van der Waals surface area contributed by atoms with Crippen molar-refractivity contribution < 1.29 is 9.59 Å². The quantitative estimate of drug-likeness (QED) is 0.731. The molecule has 2 aliphatic rings. The van der Waals surface area contributed by atoms with Crippen molar-refractivity contribution in [3.8, 4) is 0 Å². The van der Waals surface area contributed by atoms with Gasteiger partial charge in [0.15, 0.2) is 5.17 Å². The molecule has 5 nitrogen and oxygen atoms in total. The van der Waals surface area contributed by atoms with E-state index in [4.69, 9.17) is 11.6 Å². The van der Waals surface area contributed by atoms with Crippen LogP contribution in [0.15, 0.2) is 34.2 Å². The SMILES string of the molecule is CC(=O)N1CCN(C2=NC(=O)/C(=C/c3ccccc3Cl)S2)CC1. The molecule has 0 saturated carbocycles. The van der Waals surface area contributed by atoms with Crippen molar-refractivity contribution in [2.75, 3.05) is 26.2 Å². The molecule has 2 amide bonds. The average molecular weight is 350 g/mol. The largest absolute Gasteiger partial charge is 0.347 e. The maximum Gasteiger partial charge on any atom is 0.286 e. The van der Waals surface area contributed by atoms with Crippen molar-refractivity contribution in [1.29, 1.82) is 0 Å². The third-order valence-electron chi connectivity index (χ3n) is 3.80. The number of halogens is 1. The number of hydrogen-bond donors (Lipinski definition) is 0. The van der Waals surface area contributed by atoms with E-state index >= 15 is 0 Å². The van der Waals surface area contributed by atoms with Gasteiger partial charge >= 0.3 is 0 Å². The van der Waals surface area contributed by atoms with Gasteiger partial charge in [0.1, 0.15) is 0 Å². The van der Waals surface area contributed by atoms with Crippen LogP contribution in [0.5, 0.6) is 0 Å². The lowest BCUT2D eigenvalue weighted by Gasteiger charge is -2.34. The lowest BCUT2D eigenvalue weighted by molar-refractivity contribution is -0.130. The van der Waals surface area contributed by atoms with Crippen LogP contribution in [0.3, 0.4) is 0 Å². The van der Waals surface area contributed by atoms with Crippen LogP contribution in [0, 0.1) is 0 Å². The van der Waals surface area contributed by atoms with Gasteiger partial charge in [0, 0.05) is 38.1 Å². The van der Waals surface area contributed by atoms with Crippen molar-refractivity contribution in [3.05, 3.63) is 39.8 Å². The maximum absolute atomic E-state index is 12.1. The van der Waals surface area contributed by atoms with E-state index in [0.29, 0.717) is 41.3 Å². The number of thioether (sulfide) groups is 1. The van der Waals surface area contributed by atoms with E-state index in [-0.39, 0.29) is 11.8 Å². The van der Waals surface area contributed by atoms with Crippen LogP contribution in [-0.4, -0.2) is 53.0 Å². The van der Waals surface area contributed by atoms with Gasteiger partial charge in [-0.3, -0.25) is 9.59 Å². The standard InChI is InChI=1S/C16H16ClN3O2S/c1-11(21)19-6-8-20(9-7-19)16-18-15(22)14(23-16)10-12-4-2-3-5-13(12)17/h2-5,10H,6-9H2,1H3/b14-10-. The van der Waals surface area contributed by atoms with E-state index in [1.165, 1.54) is 11.8 Å². The zero-order chi connectivity index (χ0) is 16.4. The molecule has 1 saturated heterocycles. The smallest absolute Gasteiger partial charge is 0.286 e. The molecule has 7 heteroatoms. The predicted octanol–water partition coefficient (Wildman–Crippen LogP) is 2.47. The number of amides is 2. The van der Waals surface area contributed by atoms with Crippen LogP contribution in [0.2, 0.25) is 5.02 Å². The first-order valence-corrected chi connectivity index (χ1v) is 8.51. The number of aliphatic imine (C=N–C) groups is 1. The maximum atomic E-state index is 12.1. The summed E-state index contributed by atoms with van der Waals surface area (Å²) < 4.78 is 0. The molecule has 2 heterocycles. The highest BCUT2D eigenvalue weighted by Gasteiger charge is 2.29. The van der Waals surface area contributed by atoms with Crippen molar-refractivity contribution in [3.63, 3.8) is 0 Å². The summed E-state index contributed by atoms with van der Waals surface area (Å²) in [5.41, 5.74) is 0.808. The van der Waals surface area contributed by atoms with E-state index in [0.717, 1.165) is 5.56 Å². The molecule has 120 valence electrons. The summed E-state index contributed by atoms with van der Waals surface area (Å²) in [5.74, 6) is -0.153. The Bertz CT molecular complexity index is 709. The fourth-order valence-corrected chi connectivity index (χ4v) is 3.63. The van der Waals surface area contributed by atoms with E-state index in [2.05, 4.69) is 9.89 Å². The molecule has 23 heavy (non-hydrogen) atoms. The van der Waals surface area contributed by atoms with Crippen molar-refractivity contribution in [1.82, 2.24) is 9.80 Å². The van der Waals surface area contributed by atoms with Crippen LogP contribution in [0.1, 0.15) is 12.5 Å². The van der Waals surface area contributed by atoms with Crippen molar-refractivity contribution in [2.45, 2.75) is 6.92 Å². The number of nitrogens with zero attached hydrogens (tertiary/aromatic N) is 3. The van der Waals surface area contributed by atoms with Gasteiger partial charge in [-0.15, -0.1) is 0 Å². The molecule has 0 unspecified atom stereocenters. The summed E-state index contributed by atoms with van der Waals surface area (Å²) in [6, 6.07) is 7.39. The van der Waals surface area contributed by atoms with Crippen LogP contribution < -0.4 is 0 Å². The Labute approximate surface area is 144 Å². The summed E-state index contributed by atoms with van der Waals surface area (Å²) in [7, 11) is 0. The Hall–Kier alpha value is -1.79. The molecule has 0 bridgehead atoms. The Morgan fingerprint density at radius 3 is 2.61 bits per heavy atom. The summed E-state index contributed by atoms with van der Waals surface area (Å²) in [5, 5.41) is 1.31. The van der Waals surface area contributed by atoms with E-state index in [1.807, 2.05) is 18.2 Å². The van der Waals surface area contributed by atoms with Crippen LogP contribution in [-0.2, 0) is 9.59 Å². The lowest BCUT2D eigenvalue weighted by atomic mass is 10.2. The minimum absolute atomic E-state index is 0.0843. The van der Waals surface area contributed by atoms with E-state index < -0.39 is 0 Å². The molecular weight excluding hydrogens is 334 g/mol. The van der Waals surface area contributed by atoms with Gasteiger partial charge < -0.3 is 9.80 Å². The summed E-state index contributed by atoms with van der Waals surface area (Å²) in [6.07, 6.45) is 1.78. The first-order chi connectivity index (χ1) is 11.0. The zero-order valence-corrected chi connectivity index (χ0v) is 14.2. The van der Waals surface area contributed by atoms with Gasteiger partial charge in [0.05, 0.1) is 4.91 Å². The third-order valence-corrected chi connectivity index (χ3v) is 5.19. The first kappa shape index (κ1) is 16.1. The molecular formula is C16H16ClN3O2S. The molecule has 0 aliphatic carbocycles. The average Bonchev–Trinajstić information content (AvgIpc) is 2.91. The number of amidine groups is 1. The molecule has 0 atom stereocenters. The van der Waals surface area contributed by atoms with E-state index in [1.54, 1.807) is 24.0 Å². The highest BCUT2D eigenvalue weighted by atomic mass is 35.5. The minimum Gasteiger partial charge on any atom is -0.347 e. The number of hydrogen-bond acceptors (Lipinski definition) is 4. The number of rotatable bonds is 1. The number of carbonyl (C=O) groups is 2. The van der Waals surface area contributed by atoms with Crippen LogP contribution in [0.4, 0.5) is 0 Å². The molecule has 0 spiro atoms. The molecule has 1 fully saturated rings. The molecule has 3 rings (SSSR count). The Balaban J connectivity index is 1.69. The second-order valence-electron chi connectivity index (χ2n) is 5.32. The van der Waals surface area contributed by atoms with Crippen LogP contribution >= 0.6 is 23.4 Å². The fourth-order valence-electron chi connectivity index (χ4n) is 2.48. The Kier molecular flexibility index (Phi) is 4.73. The van der Waals surface area contributed by atoms with E-state index in [9.17, 15) is 9.59 Å². The Morgan fingerprint density at radius 2 is 1.96 bits per heavy atom. The molecule has 0 N–H and O–H groups in total. The van der Waals surface area contributed by atoms with Crippen molar-refractivity contribution >= 4 is 46.4 Å². The number of benzene rings is 1. The summed E-state index contributed by atoms with van der Waals surface area (Å²) in [6.45, 7) is 4.28. The minimum atomic E-state index is -0.237. The molecule has 2 aliphatic heterocycles. The third kappa shape index (κ3) is 3.59. The fraction of sp³-hybridized carbons (Fsp3) is 0.312. The van der Waals surface area contributed by atoms with Gasteiger partial charge in [0.2, 0.25) is 5.91 Å². The second kappa shape index (κ2) is 6.76. The zero-order valence-electron chi connectivity index (χ0n) is 12.7. The lowest BCUT2D eigenvalue weighted by Crippen LogP contribution is -2.49. The molecule has 1 aromatic carbocycles. The molecule has 0 aromatic heterocycles. The highest BCUT2D eigenvalue weighted by molar-refractivity contribution is 8.18. The van der Waals surface area contributed by atoms with Gasteiger partial charge in [-0.25, -0.2) is 0 Å². The number of piperazine rings is 1. The van der Waals surface area contributed by atoms with Gasteiger partial charge in [0.25, 0.3) is 5.91 Å². The van der Waals surface area contributed by atoms with Gasteiger partial charge in [-0.1, -0.05) is 29.8 Å². The Morgan fingerprint density at radius 1 is 1.26 bits per heavy atom. The normalized spacial score (nSPS) is 20.2. The van der Waals surface area contributed by atoms with Gasteiger partial charge in [-0.2, -0.15) is 4.99 Å². The molecule has 0 radical (unpaired) electrons. The first-order valence-electron chi connectivity index (χ1n) is 7.32. The topological polar surface area (TPSA) is 53.0 Å². The highest BCUT2D eigenvalue weighted by Crippen LogP contribution is 2.32. The van der Waals surface area contributed by atoms with Crippen molar-refractivity contribution in [2.24, 2.45) is 4.99 Å². The molecule has 1 aromatic rings. The predicted molar refractivity (Wildman–Crippen MR) is 93.3 cm³/mol. The summed E-state index contributed by atoms with van der Waals surface area (Å²) >= 11 is 7.49. The van der Waals surface area contributed by atoms with Crippen LogP contribution in [0.25, 0.3) is 6.08 Å². The number of carbonyl (C=O) groups excluding carboxylic acids is 2. The van der Waals surface area contributed by atoms with Gasteiger partial charge in [-0.05, 0) is 29.5 Å². The monoisotopic (exact) mass is 349 g/mol.